The molecule has 0 aliphatic rings. The molecule has 0 fully saturated rings. The van der Waals surface area contributed by atoms with Gasteiger partial charge in [0.05, 0.1) is 4.90 Å². The highest BCUT2D eigenvalue weighted by Crippen LogP contribution is 2.24. The van der Waals surface area contributed by atoms with Gasteiger partial charge in [-0.05, 0) is 45.4 Å². The quantitative estimate of drug-likeness (QED) is 0.864. The van der Waals surface area contributed by atoms with Crippen molar-refractivity contribution in [2.45, 2.75) is 43.7 Å². The van der Waals surface area contributed by atoms with Crippen LogP contribution in [0.3, 0.4) is 0 Å². The van der Waals surface area contributed by atoms with Crippen molar-refractivity contribution in [2.75, 3.05) is 6.26 Å². The second kappa shape index (κ2) is 6.19. The van der Waals surface area contributed by atoms with Gasteiger partial charge in [-0.1, -0.05) is 12.1 Å². The molecule has 0 spiro atoms. The molecule has 0 aliphatic carbocycles. The Morgan fingerprint density at radius 3 is 1.91 bits per heavy atom. The van der Waals surface area contributed by atoms with E-state index in [9.17, 15) is 23.1 Å². The Hall–Kier alpha value is -2.09. The highest BCUT2D eigenvalue weighted by Gasteiger charge is 2.38. The van der Waals surface area contributed by atoms with Gasteiger partial charge in [0.15, 0.2) is 15.4 Å². The Bertz CT molecular complexity index is 702. The highest BCUT2D eigenvalue weighted by atomic mass is 32.2. The number of alkyl carbamates (subject to hydrolysis) is 1. The summed E-state index contributed by atoms with van der Waals surface area (Å²) in [6.45, 7) is 6.28. The van der Waals surface area contributed by atoms with Crippen LogP contribution in [-0.4, -0.2) is 37.4 Å². The summed E-state index contributed by atoms with van der Waals surface area (Å²) in [5.41, 5.74) is -2.30. The van der Waals surface area contributed by atoms with Crippen molar-refractivity contribution in [1.82, 2.24) is 5.32 Å². The number of carboxylic acid groups (broad SMARTS) is 1. The lowest BCUT2D eigenvalue weighted by molar-refractivity contribution is -0.144. The number of carboxylic acids is 1. The second-order valence-electron chi connectivity index (χ2n) is 6.35. The first-order chi connectivity index (χ1) is 10.3. The molecule has 1 aromatic carbocycles. The number of sulfone groups is 1. The maximum absolute atomic E-state index is 11.9. The summed E-state index contributed by atoms with van der Waals surface area (Å²) >= 11 is 0. The van der Waals surface area contributed by atoms with E-state index in [2.05, 4.69) is 5.32 Å². The number of rotatable bonds is 4. The van der Waals surface area contributed by atoms with Gasteiger partial charge >= 0.3 is 12.1 Å². The topological polar surface area (TPSA) is 110 Å². The average molecular weight is 343 g/mol. The number of hydrogen-bond acceptors (Lipinski definition) is 5. The van der Waals surface area contributed by atoms with Gasteiger partial charge in [0.1, 0.15) is 5.60 Å². The zero-order valence-corrected chi connectivity index (χ0v) is 14.5. The molecule has 2 N–H and O–H groups in total. The van der Waals surface area contributed by atoms with Gasteiger partial charge in [-0.2, -0.15) is 0 Å². The summed E-state index contributed by atoms with van der Waals surface area (Å²) in [5.74, 6) is -1.30. The Morgan fingerprint density at radius 1 is 1.09 bits per heavy atom. The third-order valence-electron chi connectivity index (χ3n) is 3.04. The van der Waals surface area contributed by atoms with E-state index < -0.39 is 33.0 Å². The van der Waals surface area contributed by atoms with E-state index in [1.54, 1.807) is 20.8 Å². The zero-order valence-electron chi connectivity index (χ0n) is 13.7. The number of aliphatic carboxylic acids is 1. The summed E-state index contributed by atoms with van der Waals surface area (Å²) < 4.78 is 28.0. The number of carbonyl (C=O) groups excluding carboxylic acids is 1. The van der Waals surface area contributed by atoms with Crippen LogP contribution in [0.5, 0.6) is 0 Å². The van der Waals surface area contributed by atoms with Crippen LogP contribution in [0, 0.1) is 0 Å². The first-order valence-electron chi connectivity index (χ1n) is 6.81. The van der Waals surface area contributed by atoms with Crippen LogP contribution >= 0.6 is 0 Å². The molecule has 1 atom stereocenters. The van der Waals surface area contributed by atoms with E-state index in [0.717, 1.165) is 6.26 Å². The lowest BCUT2D eigenvalue weighted by Gasteiger charge is -2.29. The fraction of sp³-hybridized carbons (Fsp3) is 0.467. The molecular weight excluding hydrogens is 322 g/mol. The molecule has 0 saturated heterocycles. The molecule has 8 heteroatoms. The molecule has 128 valence electrons. The lowest BCUT2D eigenvalue weighted by Crippen LogP contribution is -2.51. The van der Waals surface area contributed by atoms with Crippen LogP contribution < -0.4 is 5.32 Å². The van der Waals surface area contributed by atoms with E-state index in [4.69, 9.17) is 4.74 Å². The van der Waals surface area contributed by atoms with E-state index >= 15 is 0 Å². The fourth-order valence-electron chi connectivity index (χ4n) is 1.79. The smallest absolute Gasteiger partial charge is 0.408 e. The van der Waals surface area contributed by atoms with Crippen molar-refractivity contribution in [2.24, 2.45) is 0 Å². The second-order valence-corrected chi connectivity index (χ2v) is 8.37. The summed E-state index contributed by atoms with van der Waals surface area (Å²) in [6, 6.07) is 5.29. The van der Waals surface area contributed by atoms with Gasteiger partial charge in [0.2, 0.25) is 0 Å². The number of ether oxygens (including phenoxy) is 1. The van der Waals surface area contributed by atoms with Crippen LogP contribution in [-0.2, 0) is 24.9 Å². The predicted octanol–water partition coefficient (Wildman–Crippen LogP) is 1.91. The van der Waals surface area contributed by atoms with Gasteiger partial charge in [0.25, 0.3) is 0 Å². The number of hydrogen-bond donors (Lipinski definition) is 2. The maximum Gasteiger partial charge on any atom is 0.408 e. The lowest BCUT2D eigenvalue weighted by atomic mass is 9.92. The molecule has 0 aliphatic heterocycles. The Balaban J connectivity index is 3.15. The molecule has 0 heterocycles. The van der Waals surface area contributed by atoms with Crippen LogP contribution in [0.2, 0.25) is 0 Å². The van der Waals surface area contributed by atoms with E-state index in [0.29, 0.717) is 0 Å². The Kier molecular flexibility index (Phi) is 5.10. The summed E-state index contributed by atoms with van der Waals surface area (Å²) in [7, 11) is -3.39. The molecule has 0 saturated carbocycles. The third-order valence-corrected chi connectivity index (χ3v) is 4.17. The molecule has 1 aromatic rings. The van der Waals surface area contributed by atoms with E-state index in [1.165, 1.54) is 31.2 Å². The first kappa shape index (κ1) is 19.0. The number of amides is 1. The van der Waals surface area contributed by atoms with E-state index in [-0.39, 0.29) is 10.5 Å². The Morgan fingerprint density at radius 2 is 1.57 bits per heavy atom. The minimum atomic E-state index is -3.39. The summed E-state index contributed by atoms with van der Waals surface area (Å²) in [4.78, 5) is 23.6. The molecule has 0 radical (unpaired) electrons. The number of nitrogens with one attached hydrogen (secondary N) is 1. The molecule has 23 heavy (non-hydrogen) atoms. The predicted molar refractivity (Wildman–Crippen MR) is 83.9 cm³/mol. The third kappa shape index (κ3) is 4.95. The van der Waals surface area contributed by atoms with Crippen LogP contribution in [0.4, 0.5) is 4.79 Å². The number of carbonyl (C=O) groups is 2. The molecule has 0 bridgehead atoms. The Labute approximate surface area is 135 Å². The molecule has 1 amide bonds. The minimum Gasteiger partial charge on any atom is -0.479 e. The van der Waals surface area contributed by atoms with Crippen molar-refractivity contribution < 1.29 is 27.9 Å². The normalized spacial score (nSPS) is 14.7. The van der Waals surface area contributed by atoms with Gasteiger partial charge in [-0.25, -0.2) is 18.0 Å². The van der Waals surface area contributed by atoms with E-state index in [1.807, 2.05) is 0 Å². The zero-order chi connectivity index (χ0) is 18.1. The molecule has 1 unspecified atom stereocenters. The molecular formula is C15H21NO6S. The van der Waals surface area contributed by atoms with Crippen LogP contribution in [0.1, 0.15) is 33.3 Å². The van der Waals surface area contributed by atoms with Gasteiger partial charge < -0.3 is 15.2 Å². The molecule has 0 aromatic heterocycles. The van der Waals surface area contributed by atoms with Gasteiger partial charge in [0, 0.05) is 6.26 Å². The summed E-state index contributed by atoms with van der Waals surface area (Å²) in [5, 5.41) is 11.8. The van der Waals surface area contributed by atoms with Gasteiger partial charge in [-0.3, -0.25) is 0 Å². The molecule has 7 nitrogen and oxygen atoms in total. The minimum absolute atomic E-state index is 0.0613. The summed E-state index contributed by atoms with van der Waals surface area (Å²) in [6.07, 6.45) is 0.173. The van der Waals surface area contributed by atoms with Crippen molar-refractivity contribution >= 4 is 21.9 Å². The average Bonchev–Trinajstić information content (AvgIpc) is 2.35. The van der Waals surface area contributed by atoms with Gasteiger partial charge in [-0.15, -0.1) is 0 Å². The van der Waals surface area contributed by atoms with Crippen LogP contribution in [0.25, 0.3) is 0 Å². The maximum atomic E-state index is 11.9. The highest BCUT2D eigenvalue weighted by molar-refractivity contribution is 7.90. The van der Waals surface area contributed by atoms with Crippen molar-refractivity contribution in [3.05, 3.63) is 29.8 Å². The first-order valence-corrected chi connectivity index (χ1v) is 8.70. The molecule has 1 rings (SSSR count). The SMILES string of the molecule is CC(C)(C)OC(=O)NC(C)(C(=O)O)c1ccc(S(C)(=O)=O)cc1. The number of benzene rings is 1. The van der Waals surface area contributed by atoms with Crippen LogP contribution in [0.15, 0.2) is 29.2 Å². The monoisotopic (exact) mass is 343 g/mol. The van der Waals surface area contributed by atoms with Crippen molar-refractivity contribution in [3.8, 4) is 0 Å². The largest absolute Gasteiger partial charge is 0.479 e. The van der Waals surface area contributed by atoms with Crippen molar-refractivity contribution in [1.29, 1.82) is 0 Å². The fourth-order valence-corrected chi connectivity index (χ4v) is 2.42. The van der Waals surface area contributed by atoms with Crippen molar-refractivity contribution in [3.63, 3.8) is 0 Å². The standard InChI is InChI=1S/C15H21NO6S/c1-14(2,3)22-13(19)16-15(4,12(17)18)10-6-8-11(9-7-10)23(5,20)21/h6-9H,1-5H3,(H,16,19)(H,17,18).